The molecule has 1 N–H and O–H groups in total. The molecule has 0 aliphatic heterocycles. The van der Waals surface area contributed by atoms with Crippen LogP contribution in [0.4, 0.5) is 0 Å². The van der Waals surface area contributed by atoms with Gasteiger partial charge in [-0.25, -0.2) is 10.0 Å². The molecule has 18 heavy (non-hydrogen) atoms. The number of halogens is 2. The molecule has 0 spiro atoms. The summed E-state index contributed by atoms with van der Waals surface area (Å²) in [5.74, 6) is -0.466. The van der Waals surface area contributed by atoms with Crippen molar-refractivity contribution in [3.05, 3.63) is 27.5 Å². The topological polar surface area (TPSA) is 71.5 Å². The van der Waals surface area contributed by atoms with E-state index >= 15 is 0 Å². The van der Waals surface area contributed by atoms with Crippen molar-refractivity contribution in [2.24, 2.45) is 0 Å². The predicted octanol–water partition coefficient (Wildman–Crippen LogP) is 1.27. The number of hydrogen-bond donors (Lipinski definition) is 1. The number of nitrogens with one attached hydrogen (secondary N) is 1. The van der Waals surface area contributed by atoms with Crippen molar-refractivity contribution >= 4 is 35.5 Å². The smallest absolute Gasteiger partial charge is 0.280 e. The van der Waals surface area contributed by atoms with Gasteiger partial charge in [-0.05, 0) is 6.07 Å². The maximum atomic E-state index is 11.8. The first kappa shape index (κ1) is 14.7. The van der Waals surface area contributed by atoms with Gasteiger partial charge in [0.15, 0.2) is 0 Å². The largest absolute Gasteiger partial charge is 0.353 e. The van der Waals surface area contributed by atoms with E-state index in [-0.39, 0.29) is 22.3 Å². The van der Waals surface area contributed by atoms with E-state index in [4.69, 9.17) is 28.0 Å². The van der Waals surface area contributed by atoms with E-state index in [1.165, 1.54) is 20.2 Å². The molecule has 0 fully saturated rings. The van der Waals surface area contributed by atoms with Gasteiger partial charge in [0.2, 0.25) is 6.41 Å². The summed E-state index contributed by atoms with van der Waals surface area (Å²) in [4.78, 5) is 30.7. The van der Waals surface area contributed by atoms with Crippen molar-refractivity contribution < 1.29 is 14.4 Å². The van der Waals surface area contributed by atoms with Gasteiger partial charge < -0.3 is 5.32 Å². The SMILES string of the molecule is CON(C)C(=O)c1cc(Cl)c(CNC=O)nc1Cl. The van der Waals surface area contributed by atoms with Crippen LogP contribution in [-0.2, 0) is 16.2 Å². The van der Waals surface area contributed by atoms with Crippen LogP contribution in [-0.4, -0.2) is 36.5 Å². The summed E-state index contributed by atoms with van der Waals surface area (Å²) in [6, 6.07) is 1.39. The van der Waals surface area contributed by atoms with Crippen molar-refractivity contribution in [2.75, 3.05) is 14.2 Å². The molecular weight excluding hydrogens is 281 g/mol. The van der Waals surface area contributed by atoms with Gasteiger partial charge in [0.1, 0.15) is 5.15 Å². The first-order valence-corrected chi connectivity index (χ1v) is 5.61. The Bertz CT molecular complexity index is 468. The van der Waals surface area contributed by atoms with Gasteiger partial charge in [0.05, 0.1) is 29.9 Å². The number of nitrogens with zero attached hydrogens (tertiary/aromatic N) is 2. The summed E-state index contributed by atoms with van der Waals surface area (Å²) in [5.41, 5.74) is 0.506. The van der Waals surface area contributed by atoms with Gasteiger partial charge in [-0.3, -0.25) is 14.4 Å². The fourth-order valence-electron chi connectivity index (χ4n) is 1.17. The minimum absolute atomic E-state index is 0.00370. The molecule has 1 aromatic rings. The number of carbonyl (C=O) groups is 2. The average molecular weight is 292 g/mol. The van der Waals surface area contributed by atoms with E-state index in [1.807, 2.05) is 0 Å². The van der Waals surface area contributed by atoms with E-state index < -0.39 is 5.91 Å². The molecule has 0 saturated carbocycles. The Labute approximate surface area is 114 Å². The second kappa shape index (κ2) is 6.53. The zero-order valence-electron chi connectivity index (χ0n) is 9.74. The molecule has 2 amide bonds. The number of hydrogen-bond acceptors (Lipinski definition) is 4. The fourth-order valence-corrected chi connectivity index (χ4v) is 1.62. The maximum absolute atomic E-state index is 11.8. The number of aromatic nitrogens is 1. The monoisotopic (exact) mass is 291 g/mol. The Morgan fingerprint density at radius 2 is 2.28 bits per heavy atom. The van der Waals surface area contributed by atoms with Crippen molar-refractivity contribution in [3.63, 3.8) is 0 Å². The first-order valence-electron chi connectivity index (χ1n) is 4.85. The molecule has 0 saturated heterocycles. The number of amides is 2. The molecule has 1 rings (SSSR count). The summed E-state index contributed by atoms with van der Waals surface area (Å²) in [7, 11) is 2.79. The Balaban J connectivity index is 3.06. The summed E-state index contributed by atoms with van der Waals surface area (Å²) in [5, 5.41) is 3.65. The van der Waals surface area contributed by atoms with Gasteiger partial charge in [-0.15, -0.1) is 0 Å². The lowest BCUT2D eigenvalue weighted by Crippen LogP contribution is -2.26. The highest BCUT2D eigenvalue weighted by Crippen LogP contribution is 2.23. The van der Waals surface area contributed by atoms with E-state index in [1.54, 1.807) is 0 Å². The van der Waals surface area contributed by atoms with Crippen LogP contribution in [0.2, 0.25) is 10.2 Å². The molecule has 0 unspecified atom stereocenters. The highest BCUT2D eigenvalue weighted by atomic mass is 35.5. The maximum Gasteiger partial charge on any atom is 0.280 e. The Morgan fingerprint density at radius 1 is 1.61 bits per heavy atom. The molecule has 98 valence electrons. The summed E-state index contributed by atoms with van der Waals surface area (Å²) in [6.07, 6.45) is 0.518. The molecule has 0 aromatic carbocycles. The highest BCUT2D eigenvalue weighted by Gasteiger charge is 2.18. The van der Waals surface area contributed by atoms with Crippen LogP contribution in [0.15, 0.2) is 6.07 Å². The van der Waals surface area contributed by atoms with Crippen LogP contribution in [0.3, 0.4) is 0 Å². The van der Waals surface area contributed by atoms with Gasteiger partial charge in [0.25, 0.3) is 5.91 Å². The highest BCUT2D eigenvalue weighted by molar-refractivity contribution is 6.35. The van der Waals surface area contributed by atoms with E-state index in [0.717, 1.165) is 5.06 Å². The standard InChI is InChI=1S/C10H11Cl2N3O3/c1-15(18-2)10(17)6-3-7(11)8(4-13-5-16)14-9(6)12/h3,5H,4H2,1-2H3,(H,13,16). The lowest BCUT2D eigenvalue weighted by Gasteiger charge is -2.15. The number of carbonyl (C=O) groups excluding carboxylic acids is 2. The van der Waals surface area contributed by atoms with Crippen LogP contribution in [0.1, 0.15) is 16.1 Å². The second-order valence-electron chi connectivity index (χ2n) is 3.24. The van der Waals surface area contributed by atoms with Crippen LogP contribution in [0.5, 0.6) is 0 Å². The third kappa shape index (κ3) is 3.32. The van der Waals surface area contributed by atoms with Crippen molar-refractivity contribution in [1.29, 1.82) is 0 Å². The van der Waals surface area contributed by atoms with Gasteiger partial charge in [0, 0.05) is 7.05 Å². The number of rotatable bonds is 5. The lowest BCUT2D eigenvalue weighted by molar-refractivity contribution is -0.109. The molecular formula is C10H11Cl2N3O3. The molecule has 0 bridgehead atoms. The molecule has 0 radical (unpaired) electrons. The van der Waals surface area contributed by atoms with Crippen LogP contribution in [0.25, 0.3) is 0 Å². The van der Waals surface area contributed by atoms with Gasteiger partial charge in [-0.1, -0.05) is 23.2 Å². The average Bonchev–Trinajstić information content (AvgIpc) is 2.37. The zero-order valence-corrected chi connectivity index (χ0v) is 11.2. The molecule has 8 heteroatoms. The third-order valence-electron chi connectivity index (χ3n) is 2.15. The molecule has 0 aliphatic carbocycles. The summed E-state index contributed by atoms with van der Waals surface area (Å²) < 4.78 is 0. The minimum Gasteiger partial charge on any atom is -0.353 e. The molecule has 0 aliphatic rings. The van der Waals surface area contributed by atoms with E-state index in [9.17, 15) is 9.59 Å². The molecule has 1 aromatic heterocycles. The Kier molecular flexibility index (Phi) is 5.33. The predicted molar refractivity (Wildman–Crippen MR) is 66.3 cm³/mol. The van der Waals surface area contributed by atoms with Crippen LogP contribution >= 0.6 is 23.2 Å². The van der Waals surface area contributed by atoms with E-state index in [2.05, 4.69) is 10.3 Å². The number of hydroxylamine groups is 2. The molecule has 0 atom stereocenters. The Morgan fingerprint density at radius 3 is 2.83 bits per heavy atom. The van der Waals surface area contributed by atoms with Gasteiger partial charge in [-0.2, -0.15) is 0 Å². The summed E-state index contributed by atoms with van der Waals surface area (Å²) >= 11 is 11.8. The Hall–Kier alpha value is -1.37. The number of pyridine rings is 1. The second-order valence-corrected chi connectivity index (χ2v) is 4.00. The van der Waals surface area contributed by atoms with Crippen molar-refractivity contribution in [3.8, 4) is 0 Å². The van der Waals surface area contributed by atoms with Gasteiger partial charge >= 0.3 is 0 Å². The minimum atomic E-state index is -0.466. The molecule has 6 nitrogen and oxygen atoms in total. The lowest BCUT2D eigenvalue weighted by atomic mass is 10.2. The molecule has 1 heterocycles. The first-order chi connectivity index (χ1) is 8.51. The van der Waals surface area contributed by atoms with Crippen LogP contribution in [0, 0.1) is 0 Å². The van der Waals surface area contributed by atoms with E-state index in [0.29, 0.717) is 12.1 Å². The third-order valence-corrected chi connectivity index (χ3v) is 2.76. The zero-order chi connectivity index (χ0) is 13.7. The quantitative estimate of drug-likeness (QED) is 0.504. The fraction of sp³-hybridized carbons (Fsp3) is 0.300. The summed E-state index contributed by atoms with van der Waals surface area (Å²) in [6.45, 7) is 0.136. The van der Waals surface area contributed by atoms with Crippen molar-refractivity contribution in [1.82, 2.24) is 15.4 Å². The normalized spacial score (nSPS) is 10.0. The van der Waals surface area contributed by atoms with Crippen LogP contribution < -0.4 is 5.32 Å². The van der Waals surface area contributed by atoms with Crippen molar-refractivity contribution in [2.45, 2.75) is 6.54 Å².